The highest BCUT2D eigenvalue weighted by Gasteiger charge is 2.68. The van der Waals surface area contributed by atoms with Gasteiger partial charge in [0.15, 0.2) is 0 Å². The maximum absolute atomic E-state index is 6.67. The van der Waals surface area contributed by atoms with Gasteiger partial charge in [-0.05, 0) is 55.9 Å². The summed E-state index contributed by atoms with van der Waals surface area (Å²) < 4.78 is 12.7. The van der Waals surface area contributed by atoms with Crippen LogP contribution in [0, 0.1) is 24.2 Å². The molecule has 5 rings (SSSR count). The Labute approximate surface area is 145 Å². The maximum atomic E-state index is 6.67. The van der Waals surface area contributed by atoms with Crippen LogP contribution in [0.2, 0.25) is 0 Å². The summed E-state index contributed by atoms with van der Waals surface area (Å²) in [4.78, 5) is 0. The summed E-state index contributed by atoms with van der Waals surface area (Å²) in [5, 5.41) is -0.138. The first-order valence-electron chi connectivity index (χ1n) is 8.83. The molecule has 0 spiro atoms. The van der Waals surface area contributed by atoms with Crippen molar-refractivity contribution < 1.29 is 9.31 Å². The zero-order chi connectivity index (χ0) is 16.4. The molecule has 2 nitrogen and oxygen atoms in total. The lowest BCUT2D eigenvalue weighted by atomic mass is 9.43. The number of alkyl halides is 1. The quantitative estimate of drug-likeness (QED) is 0.603. The van der Waals surface area contributed by atoms with E-state index in [0.29, 0.717) is 11.3 Å². The second-order valence-corrected chi connectivity index (χ2v) is 9.10. The lowest BCUT2D eigenvalue weighted by Gasteiger charge is -2.64. The molecule has 0 amide bonds. The van der Waals surface area contributed by atoms with E-state index in [4.69, 9.17) is 20.9 Å². The molecule has 3 unspecified atom stereocenters. The summed E-state index contributed by atoms with van der Waals surface area (Å²) in [5.74, 6) is 1.37. The summed E-state index contributed by atoms with van der Waals surface area (Å²) in [6, 6.07) is 8.56. The summed E-state index contributed by atoms with van der Waals surface area (Å²) in [6.07, 6.45) is 3.39. The number of hydrogen-bond acceptors (Lipinski definition) is 2. The molecule has 124 valence electrons. The third-order valence-electron chi connectivity index (χ3n) is 6.82. The Bertz CT molecular complexity index is 602. The van der Waals surface area contributed by atoms with Crippen LogP contribution in [0.4, 0.5) is 0 Å². The monoisotopic (exact) mass is 332 g/mol. The molecule has 4 fully saturated rings. The van der Waals surface area contributed by atoms with Gasteiger partial charge in [0.2, 0.25) is 0 Å². The van der Waals surface area contributed by atoms with E-state index in [9.17, 15) is 0 Å². The van der Waals surface area contributed by atoms with Gasteiger partial charge in [-0.15, -0.1) is 11.6 Å². The van der Waals surface area contributed by atoms with Crippen LogP contribution in [-0.4, -0.2) is 24.1 Å². The lowest BCUT2D eigenvalue weighted by molar-refractivity contribution is -0.199. The van der Waals surface area contributed by atoms with E-state index in [-0.39, 0.29) is 24.1 Å². The van der Waals surface area contributed by atoms with Gasteiger partial charge in [-0.25, -0.2) is 0 Å². The highest BCUT2D eigenvalue weighted by molar-refractivity contribution is 6.60. The Morgan fingerprint density at radius 3 is 2.57 bits per heavy atom. The van der Waals surface area contributed by atoms with Gasteiger partial charge < -0.3 is 9.31 Å². The topological polar surface area (TPSA) is 18.5 Å². The molecule has 0 aromatic heterocycles. The molecule has 0 radical (unpaired) electrons. The molecule has 1 aromatic carbocycles. The highest BCUT2D eigenvalue weighted by atomic mass is 35.5. The molecule has 4 aliphatic rings. The third-order valence-corrected chi connectivity index (χ3v) is 7.18. The fourth-order valence-corrected chi connectivity index (χ4v) is 5.39. The summed E-state index contributed by atoms with van der Waals surface area (Å²) in [5.41, 5.74) is 2.73. The third kappa shape index (κ3) is 2.39. The van der Waals surface area contributed by atoms with Gasteiger partial charge in [0, 0.05) is 0 Å². The predicted molar refractivity (Wildman–Crippen MR) is 94.6 cm³/mol. The van der Waals surface area contributed by atoms with Crippen molar-refractivity contribution in [3.05, 3.63) is 35.4 Å². The first-order chi connectivity index (χ1) is 10.8. The van der Waals surface area contributed by atoms with Crippen LogP contribution in [0.25, 0.3) is 0 Å². The van der Waals surface area contributed by atoms with Crippen molar-refractivity contribution in [1.29, 1.82) is 0 Å². The Morgan fingerprint density at radius 1 is 1.22 bits per heavy atom. The van der Waals surface area contributed by atoms with Gasteiger partial charge in [0.25, 0.3) is 0 Å². The zero-order valence-corrected chi connectivity index (χ0v) is 15.3. The Kier molecular flexibility index (Phi) is 3.65. The van der Waals surface area contributed by atoms with Crippen LogP contribution in [0.15, 0.2) is 24.3 Å². The molecule has 5 atom stereocenters. The summed E-state index contributed by atoms with van der Waals surface area (Å²) in [6.45, 7) is 9.11. The zero-order valence-electron chi connectivity index (χ0n) is 14.5. The summed E-state index contributed by atoms with van der Waals surface area (Å²) in [7, 11) is -0.289. The van der Waals surface area contributed by atoms with Gasteiger partial charge in [-0.1, -0.05) is 43.7 Å². The average Bonchev–Trinajstić information content (AvgIpc) is 2.86. The molecule has 1 aliphatic heterocycles. The molecule has 2 bridgehead atoms. The van der Waals surface area contributed by atoms with Crippen LogP contribution in [0.3, 0.4) is 0 Å². The molecule has 23 heavy (non-hydrogen) atoms. The molecule has 4 heteroatoms. The van der Waals surface area contributed by atoms with Crippen LogP contribution in [-0.2, 0) is 15.7 Å². The van der Waals surface area contributed by atoms with Crippen LogP contribution < -0.4 is 0 Å². The van der Waals surface area contributed by atoms with E-state index >= 15 is 0 Å². The maximum Gasteiger partial charge on any atom is 0.477 e. The van der Waals surface area contributed by atoms with Crippen molar-refractivity contribution in [2.45, 2.75) is 63.9 Å². The molecule has 1 saturated heterocycles. The van der Waals surface area contributed by atoms with Crippen molar-refractivity contribution in [3.63, 3.8) is 0 Å². The minimum absolute atomic E-state index is 0.138. The first-order valence-corrected chi connectivity index (χ1v) is 9.27. The number of aryl methyl sites for hydroxylation is 1. The smallest absolute Gasteiger partial charge is 0.404 e. The second kappa shape index (κ2) is 5.24. The first kappa shape index (κ1) is 16.0. The normalized spacial score (nSPS) is 38.8. The standard InChI is InChI=1S/C19H26BClO2/c1-12-5-7-13(8-6-12)9-17(21)20-22-16-11-14-10-15(18(14,2)3)19(16,4)23-20/h5-8,14-17H,9-11H2,1-4H3/t14-,15?,16?,17?,19-/m0/s1. The molecule has 0 N–H and O–H groups in total. The molecular formula is C19H26BClO2. The fraction of sp³-hybridized carbons (Fsp3) is 0.684. The minimum Gasteiger partial charge on any atom is -0.404 e. The van der Waals surface area contributed by atoms with E-state index < -0.39 is 0 Å². The van der Waals surface area contributed by atoms with Gasteiger partial charge in [-0.2, -0.15) is 0 Å². The van der Waals surface area contributed by atoms with E-state index in [0.717, 1.165) is 18.8 Å². The molecule has 3 saturated carbocycles. The van der Waals surface area contributed by atoms with E-state index in [1.807, 2.05) is 0 Å². The second-order valence-electron chi connectivity index (χ2n) is 8.54. The summed E-state index contributed by atoms with van der Waals surface area (Å²) >= 11 is 6.67. The number of rotatable bonds is 3. The molecular weight excluding hydrogens is 306 g/mol. The largest absolute Gasteiger partial charge is 0.477 e. The van der Waals surface area contributed by atoms with E-state index in [2.05, 4.69) is 52.0 Å². The van der Waals surface area contributed by atoms with E-state index in [1.54, 1.807) is 0 Å². The van der Waals surface area contributed by atoms with Crippen LogP contribution in [0.1, 0.15) is 44.7 Å². The van der Waals surface area contributed by atoms with Crippen molar-refractivity contribution in [3.8, 4) is 0 Å². The van der Waals surface area contributed by atoms with Gasteiger partial charge in [0.1, 0.15) is 0 Å². The van der Waals surface area contributed by atoms with Crippen molar-refractivity contribution in [2.24, 2.45) is 17.3 Å². The van der Waals surface area contributed by atoms with Gasteiger partial charge in [-0.3, -0.25) is 0 Å². The van der Waals surface area contributed by atoms with E-state index in [1.165, 1.54) is 17.5 Å². The fourth-order valence-electron chi connectivity index (χ4n) is 5.10. The van der Waals surface area contributed by atoms with Crippen LogP contribution in [0.5, 0.6) is 0 Å². The molecule has 3 aliphatic carbocycles. The Balaban J connectivity index is 1.47. The highest BCUT2D eigenvalue weighted by Crippen LogP contribution is 2.65. The Hall–Kier alpha value is -0.505. The number of halogens is 1. The Morgan fingerprint density at radius 2 is 1.91 bits per heavy atom. The van der Waals surface area contributed by atoms with Gasteiger partial charge in [0.05, 0.1) is 17.0 Å². The van der Waals surface area contributed by atoms with Crippen molar-refractivity contribution in [1.82, 2.24) is 0 Å². The molecule has 1 heterocycles. The molecule has 1 aromatic rings. The average molecular weight is 333 g/mol. The predicted octanol–water partition coefficient (Wildman–Crippen LogP) is 4.41. The minimum atomic E-state index is -0.289. The van der Waals surface area contributed by atoms with Gasteiger partial charge >= 0.3 is 7.12 Å². The number of hydrogen-bond donors (Lipinski definition) is 0. The number of benzene rings is 1. The van der Waals surface area contributed by atoms with Crippen molar-refractivity contribution >= 4 is 18.7 Å². The lowest BCUT2D eigenvalue weighted by Crippen LogP contribution is -2.65. The SMILES string of the molecule is Cc1ccc(CC(Cl)B2OC3C[C@@H]4CC(C4(C)C)[C@]3(C)O2)cc1. The van der Waals surface area contributed by atoms with Crippen molar-refractivity contribution in [2.75, 3.05) is 0 Å². The van der Waals surface area contributed by atoms with Crippen LogP contribution >= 0.6 is 11.6 Å².